The standard InChI is InChI=1S/C31H37F5N2O3/c1-17(2)38-27(40)37-16-18-4-6-19(7-5-18)24-15-28(3)25(12-13-29(28,41)30(32,33)31(34,35)36)23-10-8-20-14-21(39)9-11-22(20)26(23)24/h4-7,14,17,23-25,41H,8-13,15-16H2,1-3H3,(H2,37,38,40)/t23-,24+,25-,28-,29-/m0/s1. The van der Waals surface area contributed by atoms with Crippen LogP contribution in [0.5, 0.6) is 0 Å². The van der Waals surface area contributed by atoms with E-state index in [4.69, 9.17) is 0 Å². The van der Waals surface area contributed by atoms with Gasteiger partial charge in [-0.25, -0.2) is 4.79 Å². The highest BCUT2D eigenvalue weighted by Crippen LogP contribution is 2.70. The SMILES string of the molecule is CC(C)NC(=O)NCc1ccc([C@H]2C[C@@]3(C)[C@@H](CC[C@@]3(O)C(F)(F)C(F)(F)F)[C@@H]3CCC4=CC(=O)CCC4=C32)cc1. The zero-order valence-corrected chi connectivity index (χ0v) is 23.5. The van der Waals surface area contributed by atoms with Crippen molar-refractivity contribution in [2.45, 2.75) is 102 Å². The number of benzene rings is 1. The Kier molecular flexibility index (Phi) is 7.40. The van der Waals surface area contributed by atoms with Crippen LogP contribution in [-0.4, -0.2) is 40.7 Å². The second kappa shape index (κ2) is 10.2. The maximum atomic E-state index is 15.1. The minimum atomic E-state index is -5.88. The number of urea groups is 1. The number of aliphatic hydroxyl groups is 1. The van der Waals surface area contributed by atoms with E-state index in [9.17, 15) is 27.9 Å². The summed E-state index contributed by atoms with van der Waals surface area (Å²) in [6.45, 7) is 5.36. The summed E-state index contributed by atoms with van der Waals surface area (Å²) in [5.74, 6) is -6.52. The molecule has 0 bridgehead atoms. The first-order chi connectivity index (χ1) is 19.1. The predicted octanol–water partition coefficient (Wildman–Crippen LogP) is 6.72. The van der Waals surface area contributed by atoms with Gasteiger partial charge in [-0.1, -0.05) is 36.8 Å². The number of halogens is 5. The molecule has 224 valence electrons. The van der Waals surface area contributed by atoms with Gasteiger partial charge in [0.1, 0.15) is 5.60 Å². The Labute approximate surface area is 236 Å². The van der Waals surface area contributed by atoms with Crippen molar-refractivity contribution in [2.75, 3.05) is 0 Å². The fourth-order valence-corrected chi connectivity index (χ4v) is 8.08. The summed E-state index contributed by atoms with van der Waals surface area (Å²) in [6.07, 6.45) is -2.88. The molecule has 0 unspecified atom stereocenters. The molecule has 1 aromatic rings. The van der Waals surface area contributed by atoms with E-state index in [-0.39, 0.29) is 43.2 Å². The molecule has 0 spiro atoms. The van der Waals surface area contributed by atoms with Crippen molar-refractivity contribution in [3.63, 3.8) is 0 Å². The number of nitrogens with one attached hydrogen (secondary N) is 2. The molecule has 5 atom stereocenters. The predicted molar refractivity (Wildman–Crippen MR) is 143 cm³/mol. The van der Waals surface area contributed by atoms with E-state index >= 15 is 8.78 Å². The molecule has 0 aliphatic heterocycles. The molecule has 0 saturated heterocycles. The quantitative estimate of drug-likeness (QED) is 0.339. The topological polar surface area (TPSA) is 78.4 Å². The maximum absolute atomic E-state index is 15.1. The molecule has 0 radical (unpaired) electrons. The van der Waals surface area contributed by atoms with Gasteiger partial charge in [0.15, 0.2) is 5.78 Å². The molecule has 2 amide bonds. The van der Waals surface area contributed by atoms with E-state index in [1.807, 2.05) is 38.1 Å². The molecule has 0 aromatic heterocycles. The van der Waals surface area contributed by atoms with Crippen LogP contribution in [0.3, 0.4) is 0 Å². The number of amides is 2. The Morgan fingerprint density at radius 1 is 1.07 bits per heavy atom. The molecule has 5 nitrogen and oxygen atoms in total. The van der Waals surface area contributed by atoms with Crippen molar-refractivity contribution in [1.29, 1.82) is 0 Å². The lowest BCUT2D eigenvalue weighted by Gasteiger charge is -2.56. The van der Waals surface area contributed by atoms with E-state index in [2.05, 4.69) is 10.6 Å². The van der Waals surface area contributed by atoms with Gasteiger partial charge in [0.25, 0.3) is 0 Å². The van der Waals surface area contributed by atoms with Gasteiger partial charge in [0.05, 0.1) is 0 Å². The number of fused-ring (bicyclic) bond motifs is 4. The zero-order chi connectivity index (χ0) is 30.0. The summed E-state index contributed by atoms with van der Waals surface area (Å²) in [4.78, 5) is 24.2. The molecule has 2 fully saturated rings. The second-order valence-corrected chi connectivity index (χ2v) is 12.7. The Hall–Kier alpha value is -2.75. The van der Waals surface area contributed by atoms with Gasteiger partial charge >= 0.3 is 18.1 Å². The lowest BCUT2D eigenvalue weighted by molar-refractivity contribution is -0.362. The highest BCUT2D eigenvalue weighted by molar-refractivity contribution is 5.93. The molecular weight excluding hydrogens is 543 g/mol. The molecule has 10 heteroatoms. The molecule has 5 rings (SSSR count). The van der Waals surface area contributed by atoms with Crippen molar-refractivity contribution >= 4 is 11.8 Å². The summed E-state index contributed by atoms with van der Waals surface area (Å²) < 4.78 is 71.4. The highest BCUT2D eigenvalue weighted by atomic mass is 19.4. The summed E-state index contributed by atoms with van der Waals surface area (Å²) in [5, 5.41) is 16.9. The third kappa shape index (κ3) is 4.79. The fourth-order valence-electron chi connectivity index (χ4n) is 8.08. The number of hydrogen-bond acceptors (Lipinski definition) is 3. The summed E-state index contributed by atoms with van der Waals surface area (Å²) in [7, 11) is 0. The second-order valence-electron chi connectivity index (χ2n) is 12.7. The van der Waals surface area contributed by atoms with Gasteiger partial charge in [-0.05, 0) is 92.6 Å². The summed E-state index contributed by atoms with van der Waals surface area (Å²) in [5.41, 5.74) is -0.366. The highest BCUT2D eigenvalue weighted by Gasteiger charge is 2.79. The Bertz CT molecular complexity index is 1290. The van der Waals surface area contributed by atoms with E-state index in [0.29, 0.717) is 25.7 Å². The lowest BCUT2D eigenvalue weighted by atomic mass is 9.50. The molecule has 41 heavy (non-hydrogen) atoms. The molecule has 4 aliphatic rings. The van der Waals surface area contributed by atoms with Gasteiger partial charge in [-0.15, -0.1) is 0 Å². The van der Waals surface area contributed by atoms with Crippen LogP contribution in [0.4, 0.5) is 26.7 Å². The van der Waals surface area contributed by atoms with Crippen LogP contribution in [-0.2, 0) is 11.3 Å². The lowest BCUT2D eigenvalue weighted by Crippen LogP contribution is -2.65. The Morgan fingerprint density at radius 2 is 1.76 bits per heavy atom. The van der Waals surface area contributed by atoms with E-state index in [1.54, 1.807) is 6.08 Å². The third-order valence-electron chi connectivity index (χ3n) is 10.0. The van der Waals surface area contributed by atoms with Crippen molar-refractivity contribution in [3.05, 3.63) is 58.2 Å². The number of ketones is 1. The van der Waals surface area contributed by atoms with Crippen molar-refractivity contribution < 1.29 is 36.6 Å². The van der Waals surface area contributed by atoms with E-state index in [0.717, 1.165) is 27.8 Å². The number of carbonyl (C=O) groups is 2. The van der Waals surface area contributed by atoms with Gasteiger partial charge < -0.3 is 15.7 Å². The number of carbonyl (C=O) groups excluding carboxylic acids is 2. The largest absolute Gasteiger partial charge is 0.456 e. The van der Waals surface area contributed by atoms with Gasteiger partial charge in [-0.3, -0.25) is 4.79 Å². The number of allylic oxidation sites excluding steroid dienone is 4. The minimum absolute atomic E-state index is 0.0280. The normalized spacial score (nSPS) is 31.8. The monoisotopic (exact) mass is 580 g/mol. The maximum Gasteiger partial charge on any atom is 0.456 e. The van der Waals surface area contributed by atoms with Crippen molar-refractivity contribution in [1.82, 2.24) is 10.6 Å². The Morgan fingerprint density at radius 3 is 2.39 bits per heavy atom. The summed E-state index contributed by atoms with van der Waals surface area (Å²) in [6, 6.07) is 6.95. The molecule has 3 N–H and O–H groups in total. The van der Waals surface area contributed by atoms with Crippen molar-refractivity contribution in [2.24, 2.45) is 17.3 Å². The van der Waals surface area contributed by atoms with Crippen LogP contribution in [0, 0.1) is 17.3 Å². The van der Waals surface area contributed by atoms with Crippen LogP contribution < -0.4 is 10.6 Å². The molecule has 2 saturated carbocycles. The van der Waals surface area contributed by atoms with Crippen LogP contribution in [0.1, 0.15) is 82.8 Å². The average Bonchev–Trinajstić information content (AvgIpc) is 3.17. The molecule has 4 aliphatic carbocycles. The first-order valence-electron chi connectivity index (χ1n) is 14.4. The van der Waals surface area contributed by atoms with Crippen molar-refractivity contribution in [3.8, 4) is 0 Å². The van der Waals surface area contributed by atoms with Crippen LogP contribution >= 0.6 is 0 Å². The van der Waals surface area contributed by atoms with Gasteiger partial charge in [0, 0.05) is 30.3 Å². The smallest absolute Gasteiger partial charge is 0.383 e. The van der Waals surface area contributed by atoms with Crippen LogP contribution in [0.15, 0.2) is 47.1 Å². The van der Waals surface area contributed by atoms with Gasteiger partial charge in [0.2, 0.25) is 0 Å². The first kappa shape index (κ1) is 29.7. The number of rotatable bonds is 5. The molecular formula is C31H37F5N2O3. The van der Waals surface area contributed by atoms with Crippen LogP contribution in [0.2, 0.25) is 0 Å². The van der Waals surface area contributed by atoms with Gasteiger partial charge in [-0.2, -0.15) is 22.0 Å². The minimum Gasteiger partial charge on any atom is -0.383 e. The first-order valence-corrected chi connectivity index (χ1v) is 14.4. The van der Waals surface area contributed by atoms with Crippen LogP contribution in [0.25, 0.3) is 0 Å². The molecule has 1 aromatic carbocycles. The third-order valence-corrected chi connectivity index (χ3v) is 10.0. The fraction of sp³-hybridized carbons (Fsp3) is 0.613. The van der Waals surface area contributed by atoms with E-state index < -0.39 is 41.4 Å². The molecule has 0 heterocycles. The average molecular weight is 581 g/mol. The summed E-state index contributed by atoms with van der Waals surface area (Å²) >= 11 is 0. The van der Waals surface area contributed by atoms with E-state index in [1.165, 1.54) is 6.92 Å². The zero-order valence-electron chi connectivity index (χ0n) is 23.5. The Balaban J connectivity index is 1.55. The number of hydrogen-bond donors (Lipinski definition) is 3. The number of alkyl halides is 5.